The lowest BCUT2D eigenvalue weighted by molar-refractivity contribution is -0.116. The zero-order chi connectivity index (χ0) is 12.1. The second-order valence-corrected chi connectivity index (χ2v) is 3.80. The van der Waals surface area contributed by atoms with Crippen LogP contribution < -0.4 is 16.4 Å². The largest absolute Gasteiger partial charge is 0.368 e. The molecule has 0 aromatic heterocycles. The van der Waals surface area contributed by atoms with Gasteiger partial charge in [0.05, 0.1) is 6.54 Å². The maximum Gasteiger partial charge on any atom is 0.236 e. The third-order valence-electron chi connectivity index (χ3n) is 2.64. The van der Waals surface area contributed by atoms with Gasteiger partial charge in [0.2, 0.25) is 5.91 Å². The Morgan fingerprint density at radius 2 is 2.12 bits per heavy atom. The number of carbonyl (C=O) groups is 1. The fourth-order valence-corrected chi connectivity index (χ4v) is 1.68. The minimum absolute atomic E-state index is 0.248. The van der Waals surface area contributed by atoms with Crippen molar-refractivity contribution < 1.29 is 4.79 Å². The number of likely N-dealkylation sites (N-methyl/N-ethyl adjacent to an activating group) is 1. The van der Waals surface area contributed by atoms with Crippen molar-refractivity contribution in [1.29, 1.82) is 0 Å². The molecule has 0 atom stereocenters. The molecule has 0 radical (unpaired) electrons. The van der Waals surface area contributed by atoms with Crippen LogP contribution in [0, 0.1) is 6.92 Å². The summed E-state index contributed by atoms with van der Waals surface area (Å²) in [5.74, 6) is -0.317. The van der Waals surface area contributed by atoms with Crippen LogP contribution >= 0.6 is 0 Å². The molecule has 0 aliphatic heterocycles. The van der Waals surface area contributed by atoms with Crippen molar-refractivity contribution in [3.05, 3.63) is 29.3 Å². The second-order valence-electron chi connectivity index (χ2n) is 3.80. The van der Waals surface area contributed by atoms with Gasteiger partial charge in [0.25, 0.3) is 0 Å². The molecule has 4 heteroatoms. The molecule has 0 aliphatic rings. The van der Waals surface area contributed by atoms with Crippen molar-refractivity contribution in [3.63, 3.8) is 0 Å². The van der Waals surface area contributed by atoms with E-state index in [9.17, 15) is 4.79 Å². The highest BCUT2D eigenvalue weighted by Crippen LogP contribution is 2.18. The number of benzene rings is 1. The van der Waals surface area contributed by atoms with Gasteiger partial charge in [-0.2, -0.15) is 0 Å². The maximum atomic E-state index is 10.9. The summed E-state index contributed by atoms with van der Waals surface area (Å²) in [5, 5.41) is 0. The number of hydrogen-bond donors (Lipinski definition) is 2. The summed E-state index contributed by atoms with van der Waals surface area (Å²) in [6.45, 7) is 5.55. The van der Waals surface area contributed by atoms with Crippen LogP contribution in [0.15, 0.2) is 18.2 Å². The average molecular weight is 221 g/mol. The molecule has 4 N–H and O–H groups in total. The molecule has 1 aromatic carbocycles. The number of nitrogens with zero attached hydrogens (tertiary/aromatic N) is 1. The molecule has 0 fully saturated rings. The number of aryl methyl sites for hydroxylation is 1. The quantitative estimate of drug-likeness (QED) is 0.771. The Hall–Kier alpha value is -1.55. The fourth-order valence-electron chi connectivity index (χ4n) is 1.68. The summed E-state index contributed by atoms with van der Waals surface area (Å²) >= 11 is 0. The van der Waals surface area contributed by atoms with E-state index < -0.39 is 0 Å². The zero-order valence-electron chi connectivity index (χ0n) is 9.86. The molecule has 0 unspecified atom stereocenters. The normalized spacial score (nSPS) is 10.2. The lowest BCUT2D eigenvalue weighted by Gasteiger charge is -2.22. The lowest BCUT2D eigenvalue weighted by Crippen LogP contribution is -2.33. The van der Waals surface area contributed by atoms with Crippen LogP contribution in [0.1, 0.15) is 18.1 Å². The minimum atomic E-state index is -0.317. The van der Waals surface area contributed by atoms with E-state index in [0.717, 1.165) is 23.4 Å². The van der Waals surface area contributed by atoms with Crippen LogP contribution in [0.25, 0.3) is 0 Å². The Balaban J connectivity index is 2.93. The van der Waals surface area contributed by atoms with Crippen LogP contribution in [-0.2, 0) is 11.3 Å². The molecule has 16 heavy (non-hydrogen) atoms. The molecular weight excluding hydrogens is 202 g/mol. The predicted octanol–water partition coefficient (Wildman–Crippen LogP) is 0.765. The zero-order valence-corrected chi connectivity index (χ0v) is 9.86. The molecule has 1 aromatic rings. The monoisotopic (exact) mass is 221 g/mol. The fraction of sp³-hybridized carbons (Fsp3) is 0.417. The van der Waals surface area contributed by atoms with Crippen molar-refractivity contribution >= 4 is 11.6 Å². The van der Waals surface area contributed by atoms with Crippen molar-refractivity contribution in [3.8, 4) is 0 Å². The molecule has 1 amide bonds. The van der Waals surface area contributed by atoms with Gasteiger partial charge in [-0.15, -0.1) is 0 Å². The molecule has 4 nitrogen and oxygen atoms in total. The number of hydrogen-bond acceptors (Lipinski definition) is 3. The topological polar surface area (TPSA) is 72.3 Å². The Morgan fingerprint density at radius 3 is 2.56 bits per heavy atom. The van der Waals surface area contributed by atoms with E-state index in [-0.39, 0.29) is 12.5 Å². The van der Waals surface area contributed by atoms with E-state index in [1.807, 2.05) is 36.9 Å². The first-order chi connectivity index (χ1) is 7.58. The van der Waals surface area contributed by atoms with Crippen molar-refractivity contribution in [2.45, 2.75) is 20.4 Å². The Labute approximate surface area is 96.2 Å². The van der Waals surface area contributed by atoms with E-state index in [2.05, 4.69) is 0 Å². The summed E-state index contributed by atoms with van der Waals surface area (Å²) in [6, 6.07) is 6.00. The van der Waals surface area contributed by atoms with Gasteiger partial charge in [0, 0.05) is 18.8 Å². The minimum Gasteiger partial charge on any atom is -0.368 e. The summed E-state index contributed by atoms with van der Waals surface area (Å²) in [6.07, 6.45) is 0. The first-order valence-corrected chi connectivity index (χ1v) is 5.41. The van der Waals surface area contributed by atoms with Gasteiger partial charge in [-0.3, -0.25) is 4.79 Å². The number of primary amides is 1. The van der Waals surface area contributed by atoms with Crippen molar-refractivity contribution in [2.75, 3.05) is 18.0 Å². The van der Waals surface area contributed by atoms with Gasteiger partial charge in [-0.1, -0.05) is 6.07 Å². The molecule has 88 valence electrons. The standard InChI is InChI=1S/C12H19N3O/c1-3-15(8-12(14)16)11-5-4-10(7-13)9(2)6-11/h4-6H,3,7-8,13H2,1-2H3,(H2,14,16). The number of anilines is 1. The van der Waals surface area contributed by atoms with Crippen molar-refractivity contribution in [1.82, 2.24) is 0 Å². The van der Waals surface area contributed by atoms with Gasteiger partial charge in [-0.25, -0.2) is 0 Å². The van der Waals surface area contributed by atoms with E-state index in [4.69, 9.17) is 11.5 Å². The third kappa shape index (κ3) is 2.97. The highest BCUT2D eigenvalue weighted by molar-refractivity contribution is 5.79. The van der Waals surface area contributed by atoms with Gasteiger partial charge >= 0.3 is 0 Å². The highest BCUT2D eigenvalue weighted by atomic mass is 16.1. The molecule has 0 saturated heterocycles. The smallest absolute Gasteiger partial charge is 0.236 e. The number of nitrogens with two attached hydrogens (primary N) is 2. The summed E-state index contributed by atoms with van der Waals surface area (Å²) in [7, 11) is 0. The van der Waals surface area contributed by atoms with Crippen LogP contribution in [0.3, 0.4) is 0 Å². The molecule has 0 heterocycles. The molecule has 0 bridgehead atoms. The first-order valence-electron chi connectivity index (χ1n) is 5.41. The van der Waals surface area contributed by atoms with Crippen LogP contribution in [0.2, 0.25) is 0 Å². The van der Waals surface area contributed by atoms with E-state index in [1.165, 1.54) is 0 Å². The van der Waals surface area contributed by atoms with Gasteiger partial charge in [0.1, 0.15) is 0 Å². The van der Waals surface area contributed by atoms with E-state index in [1.54, 1.807) is 0 Å². The number of amides is 1. The Kier molecular flexibility index (Phi) is 4.31. The van der Waals surface area contributed by atoms with Gasteiger partial charge in [0.15, 0.2) is 0 Å². The van der Waals surface area contributed by atoms with Crippen LogP contribution in [-0.4, -0.2) is 19.0 Å². The number of carbonyl (C=O) groups excluding carboxylic acids is 1. The Bertz CT molecular complexity index is 377. The molecular formula is C12H19N3O. The van der Waals surface area contributed by atoms with Crippen molar-refractivity contribution in [2.24, 2.45) is 11.5 Å². The lowest BCUT2D eigenvalue weighted by atomic mass is 10.1. The molecule has 0 aliphatic carbocycles. The molecule has 1 rings (SSSR count). The van der Waals surface area contributed by atoms with Crippen LogP contribution in [0.4, 0.5) is 5.69 Å². The average Bonchev–Trinajstić information content (AvgIpc) is 2.25. The summed E-state index contributed by atoms with van der Waals surface area (Å²) < 4.78 is 0. The first kappa shape index (κ1) is 12.5. The highest BCUT2D eigenvalue weighted by Gasteiger charge is 2.08. The second kappa shape index (κ2) is 5.51. The van der Waals surface area contributed by atoms with Crippen LogP contribution in [0.5, 0.6) is 0 Å². The van der Waals surface area contributed by atoms with E-state index >= 15 is 0 Å². The SMILES string of the molecule is CCN(CC(N)=O)c1ccc(CN)c(C)c1. The molecule has 0 spiro atoms. The molecule has 0 saturated carbocycles. The summed E-state index contributed by atoms with van der Waals surface area (Å²) in [4.78, 5) is 12.9. The van der Waals surface area contributed by atoms with E-state index in [0.29, 0.717) is 6.54 Å². The predicted molar refractivity (Wildman–Crippen MR) is 66.2 cm³/mol. The summed E-state index contributed by atoms with van der Waals surface area (Å²) in [5.41, 5.74) is 14.1. The Morgan fingerprint density at radius 1 is 1.44 bits per heavy atom. The third-order valence-corrected chi connectivity index (χ3v) is 2.64. The van der Waals surface area contributed by atoms with Gasteiger partial charge < -0.3 is 16.4 Å². The maximum absolute atomic E-state index is 10.9. The van der Waals surface area contributed by atoms with Gasteiger partial charge in [-0.05, 0) is 37.1 Å². The number of rotatable bonds is 5.